The summed E-state index contributed by atoms with van der Waals surface area (Å²) in [6.45, 7) is 1.98. The summed E-state index contributed by atoms with van der Waals surface area (Å²) in [6, 6.07) is 22.4. The largest absolute Gasteiger partial charge is 0.321 e. The lowest BCUT2D eigenvalue weighted by Crippen LogP contribution is -2.18. The second-order valence-corrected chi connectivity index (χ2v) is 7.25. The van der Waals surface area contributed by atoms with Crippen LogP contribution in [0.25, 0.3) is 28.1 Å². The molecule has 0 spiro atoms. The minimum absolute atomic E-state index is 0.107. The number of benzene rings is 3. The first-order valence-corrected chi connectivity index (χ1v) is 9.61. The van der Waals surface area contributed by atoms with Crippen molar-refractivity contribution in [2.45, 2.75) is 6.92 Å². The molecule has 4 aromatic rings. The predicted octanol–water partition coefficient (Wildman–Crippen LogP) is 6.05. The Hall–Kier alpha value is -3.43. The Morgan fingerprint density at radius 3 is 2.45 bits per heavy atom. The molecule has 0 atom stereocenters. The SMILES string of the molecule is Cc1ccccc1C=CC(=O)c1c(-c2ccccc2)c2cc(Cl)ccc2[nH]c1=O. The van der Waals surface area contributed by atoms with E-state index in [4.69, 9.17) is 11.6 Å². The van der Waals surface area contributed by atoms with E-state index in [2.05, 4.69) is 4.98 Å². The fraction of sp³-hybridized carbons (Fsp3) is 0.0400. The molecule has 0 radical (unpaired) electrons. The minimum atomic E-state index is -0.418. The summed E-state index contributed by atoms with van der Waals surface area (Å²) < 4.78 is 0. The van der Waals surface area contributed by atoms with Gasteiger partial charge in [0.2, 0.25) is 0 Å². The molecule has 4 rings (SSSR count). The average Bonchev–Trinajstić information content (AvgIpc) is 2.73. The van der Waals surface area contributed by atoms with Gasteiger partial charge in [-0.1, -0.05) is 72.3 Å². The van der Waals surface area contributed by atoms with Gasteiger partial charge in [-0.15, -0.1) is 0 Å². The number of pyridine rings is 1. The predicted molar refractivity (Wildman–Crippen MR) is 120 cm³/mol. The van der Waals surface area contributed by atoms with Crippen molar-refractivity contribution in [3.8, 4) is 11.1 Å². The van der Waals surface area contributed by atoms with Crippen molar-refractivity contribution < 1.29 is 4.79 Å². The van der Waals surface area contributed by atoms with Crippen LogP contribution in [0.2, 0.25) is 5.02 Å². The second-order valence-electron chi connectivity index (χ2n) is 6.81. The number of hydrogen-bond acceptors (Lipinski definition) is 2. The number of aryl methyl sites for hydroxylation is 1. The van der Waals surface area contributed by atoms with Gasteiger partial charge in [0.25, 0.3) is 5.56 Å². The number of hydrogen-bond donors (Lipinski definition) is 1. The van der Waals surface area contributed by atoms with Crippen LogP contribution < -0.4 is 5.56 Å². The number of carbonyl (C=O) groups excluding carboxylic acids is 1. The van der Waals surface area contributed by atoms with Crippen LogP contribution in [0.5, 0.6) is 0 Å². The third-order valence-electron chi connectivity index (χ3n) is 4.89. The van der Waals surface area contributed by atoms with E-state index in [-0.39, 0.29) is 11.3 Å². The minimum Gasteiger partial charge on any atom is -0.321 e. The van der Waals surface area contributed by atoms with Gasteiger partial charge in [0.05, 0.1) is 5.56 Å². The summed E-state index contributed by atoms with van der Waals surface area (Å²) >= 11 is 6.22. The van der Waals surface area contributed by atoms with Crippen molar-refractivity contribution in [2.75, 3.05) is 0 Å². The molecule has 3 nitrogen and oxygen atoms in total. The van der Waals surface area contributed by atoms with E-state index in [1.165, 1.54) is 6.08 Å². The molecule has 3 aromatic carbocycles. The van der Waals surface area contributed by atoms with E-state index in [1.807, 2.05) is 61.5 Å². The highest BCUT2D eigenvalue weighted by Gasteiger charge is 2.19. The number of ketones is 1. The van der Waals surface area contributed by atoms with Gasteiger partial charge < -0.3 is 4.98 Å². The molecule has 29 heavy (non-hydrogen) atoms. The summed E-state index contributed by atoms with van der Waals surface area (Å²) in [5, 5.41) is 1.27. The van der Waals surface area contributed by atoms with Crippen LogP contribution in [0.3, 0.4) is 0 Å². The maximum absolute atomic E-state index is 13.1. The van der Waals surface area contributed by atoms with Crippen molar-refractivity contribution >= 4 is 34.4 Å². The van der Waals surface area contributed by atoms with Crippen LogP contribution >= 0.6 is 11.6 Å². The van der Waals surface area contributed by atoms with Gasteiger partial charge in [-0.25, -0.2) is 0 Å². The van der Waals surface area contributed by atoms with Gasteiger partial charge in [-0.3, -0.25) is 9.59 Å². The molecule has 0 bridgehead atoms. The van der Waals surface area contributed by atoms with Crippen molar-refractivity contribution in [3.05, 3.63) is 111 Å². The van der Waals surface area contributed by atoms with Gasteiger partial charge in [0, 0.05) is 21.5 Å². The summed E-state index contributed by atoms with van der Waals surface area (Å²) in [7, 11) is 0. The number of aromatic nitrogens is 1. The van der Waals surface area contributed by atoms with Gasteiger partial charge in [0.15, 0.2) is 5.78 Å². The van der Waals surface area contributed by atoms with Crippen LogP contribution in [-0.4, -0.2) is 10.8 Å². The Morgan fingerprint density at radius 1 is 0.966 bits per heavy atom. The number of nitrogens with one attached hydrogen (secondary N) is 1. The van der Waals surface area contributed by atoms with Crippen LogP contribution in [-0.2, 0) is 0 Å². The lowest BCUT2D eigenvalue weighted by molar-refractivity contribution is 0.104. The van der Waals surface area contributed by atoms with E-state index in [0.717, 1.165) is 22.1 Å². The molecule has 142 valence electrons. The van der Waals surface area contributed by atoms with Crippen molar-refractivity contribution in [3.63, 3.8) is 0 Å². The molecule has 0 aliphatic heterocycles. The molecular formula is C25H18ClNO2. The summed E-state index contributed by atoms with van der Waals surface area (Å²) in [4.78, 5) is 28.8. The highest BCUT2D eigenvalue weighted by atomic mass is 35.5. The number of H-pyrrole nitrogens is 1. The molecular weight excluding hydrogens is 382 g/mol. The number of allylic oxidation sites excluding steroid dienone is 1. The molecule has 0 saturated carbocycles. The van der Waals surface area contributed by atoms with Crippen molar-refractivity contribution in [1.29, 1.82) is 0 Å². The second kappa shape index (κ2) is 7.90. The number of carbonyl (C=O) groups is 1. The van der Waals surface area contributed by atoms with Gasteiger partial charge in [-0.05, 0) is 47.9 Å². The molecule has 1 heterocycles. The normalized spacial score (nSPS) is 11.2. The first-order chi connectivity index (χ1) is 14.0. The number of aromatic amines is 1. The molecule has 0 unspecified atom stereocenters. The monoisotopic (exact) mass is 399 g/mol. The number of fused-ring (bicyclic) bond motifs is 1. The zero-order chi connectivity index (χ0) is 20.4. The number of rotatable bonds is 4. The van der Waals surface area contributed by atoms with Crippen molar-refractivity contribution in [1.82, 2.24) is 4.98 Å². The van der Waals surface area contributed by atoms with Crippen molar-refractivity contribution in [2.24, 2.45) is 0 Å². The quantitative estimate of drug-likeness (QED) is 0.335. The first-order valence-electron chi connectivity index (χ1n) is 9.23. The Kier molecular flexibility index (Phi) is 5.15. The molecule has 0 aliphatic carbocycles. The summed E-state index contributed by atoms with van der Waals surface area (Å²) in [6.07, 6.45) is 3.20. The average molecular weight is 400 g/mol. The van der Waals surface area contributed by atoms with E-state index in [1.54, 1.807) is 24.3 Å². The lowest BCUT2D eigenvalue weighted by Gasteiger charge is -2.12. The van der Waals surface area contributed by atoms with E-state index >= 15 is 0 Å². The third kappa shape index (κ3) is 3.78. The highest BCUT2D eigenvalue weighted by Crippen LogP contribution is 2.31. The Labute approximate surface area is 173 Å². The van der Waals surface area contributed by atoms with Gasteiger partial charge >= 0.3 is 0 Å². The topological polar surface area (TPSA) is 49.9 Å². The molecule has 4 heteroatoms. The van der Waals surface area contributed by atoms with Crippen LogP contribution in [0, 0.1) is 6.92 Å². The molecule has 0 saturated heterocycles. The Bertz CT molecular complexity index is 1300. The van der Waals surface area contributed by atoms with E-state index < -0.39 is 5.56 Å². The first kappa shape index (κ1) is 18.9. The molecule has 0 fully saturated rings. The van der Waals surface area contributed by atoms with E-state index in [0.29, 0.717) is 16.1 Å². The van der Waals surface area contributed by atoms with Crippen LogP contribution in [0.15, 0.2) is 83.7 Å². The Balaban J connectivity index is 1.94. The molecule has 1 aromatic heterocycles. The lowest BCUT2D eigenvalue weighted by atomic mass is 9.93. The number of halogens is 1. The van der Waals surface area contributed by atoms with Crippen LogP contribution in [0.4, 0.5) is 0 Å². The Morgan fingerprint density at radius 2 is 1.69 bits per heavy atom. The molecule has 0 aliphatic rings. The fourth-order valence-electron chi connectivity index (χ4n) is 3.43. The molecule has 1 N–H and O–H groups in total. The maximum Gasteiger partial charge on any atom is 0.260 e. The van der Waals surface area contributed by atoms with Crippen LogP contribution in [0.1, 0.15) is 21.5 Å². The summed E-state index contributed by atoms with van der Waals surface area (Å²) in [5.41, 5.74) is 3.69. The smallest absolute Gasteiger partial charge is 0.260 e. The molecule has 0 amide bonds. The fourth-order valence-corrected chi connectivity index (χ4v) is 3.60. The third-order valence-corrected chi connectivity index (χ3v) is 5.12. The van der Waals surface area contributed by atoms with E-state index in [9.17, 15) is 9.59 Å². The standard InChI is InChI=1S/C25H18ClNO2/c1-16-7-5-6-8-17(16)11-14-22(28)24-23(18-9-3-2-4-10-18)20-15-19(26)12-13-21(20)27-25(24)29/h2-15H,1H3,(H,27,29). The van der Waals surface area contributed by atoms with Gasteiger partial charge in [-0.2, -0.15) is 0 Å². The zero-order valence-corrected chi connectivity index (χ0v) is 16.5. The summed E-state index contributed by atoms with van der Waals surface area (Å²) in [5.74, 6) is -0.352. The zero-order valence-electron chi connectivity index (χ0n) is 15.8. The highest BCUT2D eigenvalue weighted by molar-refractivity contribution is 6.31. The van der Waals surface area contributed by atoms with Gasteiger partial charge in [0.1, 0.15) is 0 Å². The maximum atomic E-state index is 13.1.